The molecule has 1 fully saturated rings. The molecule has 0 spiro atoms. The van der Waals surface area contributed by atoms with E-state index in [-0.39, 0.29) is 30.7 Å². The first kappa shape index (κ1) is 18.9. The minimum Gasteiger partial charge on any atom is -0.512 e. The van der Waals surface area contributed by atoms with Gasteiger partial charge in [-0.05, 0) is 56.3 Å². The Morgan fingerprint density at radius 3 is 2.79 bits per heavy atom. The number of piperidine rings is 1. The summed E-state index contributed by atoms with van der Waals surface area (Å²) in [4.78, 5) is 0. The van der Waals surface area contributed by atoms with Crippen LogP contribution in [0.4, 0.5) is 0 Å². The van der Waals surface area contributed by atoms with Crippen LogP contribution in [0.1, 0.15) is 12.8 Å². The maximum absolute atomic E-state index is 10.3. The zero-order valence-electron chi connectivity index (χ0n) is 12.9. The average molecular weight is 384 g/mol. The number of nitrogens with zero attached hydrogens (tertiary/aromatic N) is 2. The van der Waals surface area contributed by atoms with Crippen molar-refractivity contribution in [2.24, 2.45) is 5.92 Å². The van der Waals surface area contributed by atoms with Crippen molar-refractivity contribution in [3.63, 3.8) is 0 Å². The van der Waals surface area contributed by atoms with Gasteiger partial charge in [0.05, 0.1) is 17.0 Å². The molecule has 1 saturated heterocycles. The van der Waals surface area contributed by atoms with Crippen molar-refractivity contribution in [1.82, 2.24) is 15.5 Å². The number of halogens is 2. The monoisotopic (exact) mass is 383 g/mol. The fourth-order valence-corrected chi connectivity index (χ4v) is 4.02. The molecule has 4 rings (SSSR count). The summed E-state index contributed by atoms with van der Waals surface area (Å²) in [5, 5.41) is 22.0. The second kappa shape index (κ2) is 8.12. The Bertz CT molecular complexity index is 858. The molecule has 0 radical (unpaired) electrons. The number of rotatable bonds is 2. The summed E-state index contributed by atoms with van der Waals surface area (Å²) < 4.78 is 2.27. The molecule has 2 N–H and O–H groups in total. The molecule has 24 heavy (non-hydrogen) atoms. The van der Waals surface area contributed by atoms with Gasteiger partial charge in [-0.2, -0.15) is 0 Å². The van der Waals surface area contributed by atoms with Crippen LogP contribution in [0.25, 0.3) is 27.6 Å². The minimum atomic E-state index is 0. The van der Waals surface area contributed by atoms with Crippen molar-refractivity contribution in [2.45, 2.75) is 12.8 Å². The number of aromatic nitrogens is 2. The van der Waals surface area contributed by atoms with Crippen LogP contribution >= 0.6 is 36.2 Å². The van der Waals surface area contributed by atoms with Crippen molar-refractivity contribution < 1.29 is 5.11 Å². The summed E-state index contributed by atoms with van der Waals surface area (Å²) >= 11 is 1.70. The van der Waals surface area contributed by atoms with Gasteiger partial charge in [0.1, 0.15) is 0 Å². The molecule has 3 aliphatic rings. The highest BCUT2D eigenvalue weighted by atomic mass is 35.5. The van der Waals surface area contributed by atoms with Crippen LogP contribution in [0.15, 0.2) is 36.1 Å². The van der Waals surface area contributed by atoms with Gasteiger partial charge in [-0.25, -0.2) is 0 Å². The molecular weight excluding hydrogens is 365 g/mol. The maximum Gasteiger partial charge on any atom is 0.0980 e. The third kappa shape index (κ3) is 3.64. The molecule has 3 heterocycles. The molecule has 3 aliphatic heterocycles. The summed E-state index contributed by atoms with van der Waals surface area (Å²) in [5.74, 6) is 0.769. The molecule has 0 bridgehead atoms. The van der Waals surface area contributed by atoms with Gasteiger partial charge in [0.2, 0.25) is 0 Å². The van der Waals surface area contributed by atoms with Crippen molar-refractivity contribution >= 4 is 52.4 Å². The summed E-state index contributed by atoms with van der Waals surface area (Å²) in [6.07, 6.45) is 5.83. The molecule has 4 nitrogen and oxygen atoms in total. The first-order valence-electron chi connectivity index (χ1n) is 7.57. The fraction of sp³-hybridized carbons (Fsp3) is 0.294. The first-order valence-corrected chi connectivity index (χ1v) is 8.39. The van der Waals surface area contributed by atoms with E-state index < -0.39 is 0 Å². The Kier molecular flexibility index (Phi) is 6.40. The van der Waals surface area contributed by atoms with Crippen LogP contribution in [0.3, 0.4) is 0 Å². The number of aliphatic hydroxyl groups is 1. The van der Waals surface area contributed by atoms with Crippen LogP contribution in [0.5, 0.6) is 0 Å². The second-order valence-corrected chi connectivity index (χ2v) is 6.78. The van der Waals surface area contributed by atoms with Crippen LogP contribution in [-0.2, 0) is 0 Å². The lowest BCUT2D eigenvalue weighted by Gasteiger charge is -2.21. The zero-order valence-corrected chi connectivity index (χ0v) is 15.4. The summed E-state index contributed by atoms with van der Waals surface area (Å²) in [5.41, 5.74) is 3.00. The highest BCUT2D eigenvalue weighted by Crippen LogP contribution is 2.30. The highest BCUT2D eigenvalue weighted by Gasteiger charge is 2.16. The van der Waals surface area contributed by atoms with Gasteiger partial charge in [-0.15, -0.1) is 46.3 Å². The second-order valence-electron chi connectivity index (χ2n) is 5.67. The van der Waals surface area contributed by atoms with Crippen LogP contribution in [0.2, 0.25) is 0 Å². The van der Waals surface area contributed by atoms with Gasteiger partial charge in [-0.1, -0.05) is 6.07 Å². The molecule has 1 aromatic carbocycles. The Hall–Kier alpha value is -1.40. The predicted molar refractivity (Wildman–Crippen MR) is 105 cm³/mol. The maximum atomic E-state index is 10.3. The molecule has 0 aliphatic carbocycles. The Morgan fingerprint density at radius 2 is 2.00 bits per heavy atom. The summed E-state index contributed by atoms with van der Waals surface area (Å²) in [6, 6.07) is 8.13. The van der Waals surface area contributed by atoms with Crippen molar-refractivity contribution in [3.8, 4) is 11.3 Å². The Morgan fingerprint density at radius 1 is 1.21 bits per heavy atom. The number of hydrogen-bond acceptors (Lipinski definition) is 5. The molecule has 0 unspecified atom stereocenters. The van der Waals surface area contributed by atoms with E-state index in [9.17, 15) is 5.11 Å². The minimum absolute atomic E-state index is 0. The van der Waals surface area contributed by atoms with Crippen LogP contribution in [-0.4, -0.2) is 28.4 Å². The fourth-order valence-electron chi connectivity index (χ4n) is 3.00. The van der Waals surface area contributed by atoms with E-state index in [0.717, 1.165) is 47.2 Å². The van der Waals surface area contributed by atoms with Gasteiger partial charge in [0.25, 0.3) is 0 Å². The number of hydrogen-bond donors (Lipinski definition) is 2. The van der Waals surface area contributed by atoms with Crippen molar-refractivity contribution in [2.75, 3.05) is 13.1 Å². The van der Waals surface area contributed by atoms with E-state index in [4.69, 9.17) is 0 Å². The largest absolute Gasteiger partial charge is 0.512 e. The van der Waals surface area contributed by atoms with Crippen molar-refractivity contribution in [1.29, 1.82) is 0 Å². The topological polar surface area (TPSA) is 58.0 Å². The molecule has 1 aromatic rings. The van der Waals surface area contributed by atoms with Gasteiger partial charge >= 0.3 is 0 Å². The third-order valence-electron chi connectivity index (χ3n) is 4.21. The Labute approximate surface area is 156 Å². The first-order chi connectivity index (χ1) is 10.8. The quantitative estimate of drug-likeness (QED) is 0.663. The van der Waals surface area contributed by atoms with E-state index in [0.29, 0.717) is 5.76 Å². The Balaban J connectivity index is 0.00000104. The summed E-state index contributed by atoms with van der Waals surface area (Å²) in [7, 11) is 0. The highest BCUT2D eigenvalue weighted by molar-refractivity contribution is 7.16. The standard InChI is InChI=1S/C17H17N3OS.2ClH/c21-15(11-6-8-18-9-7-11)5-4-12-10-14-17-13(19-20-14)2-1-3-16(17)22-12;;/h1-5,10-11,18,21H,6-9H2;2*1H. The van der Waals surface area contributed by atoms with E-state index in [1.54, 1.807) is 11.3 Å². The predicted octanol–water partition coefficient (Wildman–Crippen LogP) is 3.58. The number of nitrogens with one attached hydrogen (secondary N) is 1. The molecular formula is C17H19Cl2N3OS. The summed E-state index contributed by atoms with van der Waals surface area (Å²) in [6.45, 7) is 1.96. The lowest BCUT2D eigenvalue weighted by atomic mass is 9.96. The normalized spacial score (nSPS) is 17.0. The zero-order chi connectivity index (χ0) is 14.9. The van der Waals surface area contributed by atoms with Gasteiger partial charge in [0.15, 0.2) is 0 Å². The molecule has 7 heteroatoms. The number of benzene rings is 1. The molecule has 0 saturated carbocycles. The third-order valence-corrected chi connectivity index (χ3v) is 5.26. The smallest absolute Gasteiger partial charge is 0.0980 e. The van der Waals surface area contributed by atoms with Crippen LogP contribution < -0.4 is 9.85 Å². The molecule has 128 valence electrons. The van der Waals surface area contributed by atoms with Gasteiger partial charge in [0, 0.05) is 20.7 Å². The lowest BCUT2D eigenvalue weighted by molar-refractivity contribution is 0.284. The molecule has 0 aromatic heterocycles. The SMILES string of the molecule is Cl.Cl.OC(=CC=c1cc2nnc3cccc(s1)c3-2)C1CCNCC1. The van der Waals surface area contributed by atoms with E-state index in [1.807, 2.05) is 30.4 Å². The van der Waals surface area contributed by atoms with E-state index in [2.05, 4.69) is 21.6 Å². The van der Waals surface area contributed by atoms with Gasteiger partial charge in [-0.3, -0.25) is 0 Å². The van der Waals surface area contributed by atoms with Gasteiger partial charge < -0.3 is 10.4 Å². The lowest BCUT2D eigenvalue weighted by Crippen LogP contribution is -2.28. The van der Waals surface area contributed by atoms with Crippen molar-refractivity contribution in [3.05, 3.63) is 40.6 Å². The molecule has 0 atom stereocenters. The number of allylic oxidation sites excluding steroid dienone is 2. The number of aliphatic hydroxyl groups excluding tert-OH is 1. The average Bonchev–Trinajstić information content (AvgIpc) is 2.98. The van der Waals surface area contributed by atoms with Crippen LogP contribution in [0, 0.1) is 5.92 Å². The van der Waals surface area contributed by atoms with E-state index >= 15 is 0 Å². The molecule has 0 amide bonds. The van der Waals surface area contributed by atoms with E-state index in [1.165, 1.54) is 4.70 Å².